The number of anilines is 1. The Balaban J connectivity index is 1.17. The van der Waals surface area contributed by atoms with Gasteiger partial charge in [0, 0.05) is 24.2 Å². The monoisotopic (exact) mass is 500 g/mol. The van der Waals surface area contributed by atoms with E-state index in [9.17, 15) is 10.2 Å². The smallest absolute Gasteiger partial charge is 0.146 e. The van der Waals surface area contributed by atoms with Gasteiger partial charge in [0.1, 0.15) is 23.9 Å². The first-order valence-electron chi connectivity index (χ1n) is 13.1. The number of aliphatic hydroxyl groups is 2. The number of nitrogen functional groups attached to an aromatic ring is 1. The maximum Gasteiger partial charge on any atom is 0.146 e. The van der Waals surface area contributed by atoms with Crippen molar-refractivity contribution in [2.45, 2.75) is 37.5 Å². The molecule has 0 bridgehead atoms. The normalized spacial score (nSPS) is 21.6. The summed E-state index contributed by atoms with van der Waals surface area (Å²) >= 11 is 0. The van der Waals surface area contributed by atoms with Gasteiger partial charge in [-0.05, 0) is 50.0 Å². The van der Waals surface area contributed by atoms with Crippen molar-refractivity contribution in [1.82, 2.24) is 25.2 Å². The second-order valence-electron chi connectivity index (χ2n) is 9.86. The molecule has 5 rings (SSSR count). The first kappa shape index (κ1) is 25.4. The Morgan fingerprint density at radius 1 is 0.892 bits per heavy atom. The van der Waals surface area contributed by atoms with Gasteiger partial charge in [0.25, 0.3) is 0 Å². The van der Waals surface area contributed by atoms with E-state index in [2.05, 4.69) is 44.9 Å². The maximum atomic E-state index is 11.0. The number of hydrogen-bond acceptors (Lipinski definition) is 7. The third kappa shape index (κ3) is 5.67. The van der Waals surface area contributed by atoms with Crippen molar-refractivity contribution >= 4 is 16.9 Å². The Morgan fingerprint density at radius 2 is 1.62 bits per heavy atom. The van der Waals surface area contributed by atoms with Gasteiger partial charge in [-0.2, -0.15) is 0 Å². The largest absolute Gasteiger partial charge is 0.390 e. The van der Waals surface area contributed by atoms with Gasteiger partial charge in [0.15, 0.2) is 0 Å². The number of aliphatic hydroxyl groups excluding tert-OH is 2. The molecule has 2 aromatic carbocycles. The summed E-state index contributed by atoms with van der Waals surface area (Å²) in [6.07, 6.45) is 4.42. The first-order valence-corrected chi connectivity index (χ1v) is 13.1. The second-order valence-corrected chi connectivity index (χ2v) is 9.86. The molecule has 0 unspecified atom stereocenters. The summed E-state index contributed by atoms with van der Waals surface area (Å²) in [4.78, 5) is 8.70. The molecule has 0 spiro atoms. The average molecular weight is 501 g/mol. The van der Waals surface area contributed by atoms with Crippen LogP contribution in [0.4, 0.5) is 5.82 Å². The lowest BCUT2D eigenvalue weighted by molar-refractivity contribution is 0.00695. The number of aromatic nitrogens is 3. The van der Waals surface area contributed by atoms with Crippen LogP contribution in [0.5, 0.6) is 0 Å². The van der Waals surface area contributed by atoms with Gasteiger partial charge >= 0.3 is 0 Å². The van der Waals surface area contributed by atoms with Crippen LogP contribution in [0.3, 0.4) is 0 Å². The highest BCUT2D eigenvalue weighted by Crippen LogP contribution is 2.40. The molecule has 1 fully saturated rings. The van der Waals surface area contributed by atoms with Crippen molar-refractivity contribution in [1.29, 1.82) is 0 Å². The second kappa shape index (κ2) is 11.8. The van der Waals surface area contributed by atoms with Crippen molar-refractivity contribution in [3.63, 3.8) is 0 Å². The summed E-state index contributed by atoms with van der Waals surface area (Å²) in [6.45, 7) is 3.41. The van der Waals surface area contributed by atoms with Gasteiger partial charge in [-0.25, -0.2) is 9.97 Å². The Hall–Kier alpha value is -3.30. The number of nitrogens with zero attached hydrogens (tertiary/aromatic N) is 3. The van der Waals surface area contributed by atoms with E-state index in [1.54, 1.807) is 0 Å². The van der Waals surface area contributed by atoms with Crippen LogP contribution in [0.1, 0.15) is 24.4 Å². The van der Waals surface area contributed by atoms with Gasteiger partial charge < -0.3 is 31.1 Å². The zero-order valence-electron chi connectivity index (χ0n) is 21.0. The van der Waals surface area contributed by atoms with E-state index < -0.39 is 12.2 Å². The number of rotatable bonds is 11. The topological polar surface area (TPSA) is 121 Å². The van der Waals surface area contributed by atoms with E-state index >= 15 is 0 Å². The third-order valence-electron chi connectivity index (χ3n) is 7.40. The standard InChI is InChI=1S/C29H36N6O2/c30-28-25-23(21-10-5-2-6-11-21)18-35(29(25)34-19-33-28)24-16-22(26(36)27(24)37)17-32-14-7-13-31-15-12-20-8-3-1-4-9-20/h1-6,8-11,18-19,22,24,26-27,31-32,36-37H,7,12-17H2,(H2,30,33,34)/t22-,24-,26-,27+/m1/s1. The molecule has 194 valence electrons. The van der Waals surface area contributed by atoms with Crippen LogP contribution in [0.2, 0.25) is 0 Å². The summed E-state index contributed by atoms with van der Waals surface area (Å²) in [5.74, 6) is 0.356. The van der Waals surface area contributed by atoms with Crippen molar-refractivity contribution < 1.29 is 10.2 Å². The van der Waals surface area contributed by atoms with Gasteiger partial charge in [-0.1, -0.05) is 60.7 Å². The molecule has 4 aromatic rings. The average Bonchev–Trinajstić information content (AvgIpc) is 3.45. The van der Waals surface area contributed by atoms with Gasteiger partial charge in [-0.3, -0.25) is 0 Å². The zero-order chi connectivity index (χ0) is 25.6. The highest BCUT2D eigenvalue weighted by Gasteiger charge is 2.42. The highest BCUT2D eigenvalue weighted by molar-refractivity contribution is 6.00. The molecule has 0 saturated heterocycles. The molecule has 2 aromatic heterocycles. The van der Waals surface area contributed by atoms with Gasteiger partial charge in [0.05, 0.1) is 17.5 Å². The van der Waals surface area contributed by atoms with E-state index in [-0.39, 0.29) is 12.0 Å². The third-order valence-corrected chi connectivity index (χ3v) is 7.40. The Labute approximate surface area is 217 Å². The predicted molar refractivity (Wildman–Crippen MR) is 147 cm³/mol. The van der Waals surface area contributed by atoms with Gasteiger partial charge in [-0.15, -0.1) is 0 Å². The number of nitrogens with one attached hydrogen (secondary N) is 2. The minimum Gasteiger partial charge on any atom is -0.390 e. The molecular formula is C29H36N6O2. The lowest BCUT2D eigenvalue weighted by atomic mass is 10.1. The summed E-state index contributed by atoms with van der Waals surface area (Å²) in [5, 5.41) is 29.6. The van der Waals surface area contributed by atoms with E-state index in [1.807, 2.05) is 47.2 Å². The summed E-state index contributed by atoms with van der Waals surface area (Å²) in [5.41, 5.74) is 10.2. The molecule has 37 heavy (non-hydrogen) atoms. The number of fused-ring (bicyclic) bond motifs is 1. The molecule has 1 aliphatic carbocycles. The van der Waals surface area contributed by atoms with E-state index in [0.717, 1.165) is 49.0 Å². The molecule has 1 aliphatic rings. The molecule has 4 atom stereocenters. The minimum absolute atomic E-state index is 0.0529. The molecule has 0 radical (unpaired) electrons. The van der Waals surface area contributed by atoms with Crippen molar-refractivity contribution in [3.05, 3.63) is 78.8 Å². The fourth-order valence-electron chi connectivity index (χ4n) is 5.40. The Bertz CT molecular complexity index is 1280. The molecule has 0 amide bonds. The molecule has 1 saturated carbocycles. The minimum atomic E-state index is -0.887. The summed E-state index contributed by atoms with van der Waals surface area (Å²) in [6, 6.07) is 20.2. The predicted octanol–water partition coefficient (Wildman–Crippen LogP) is 2.78. The van der Waals surface area contributed by atoms with Gasteiger partial charge in [0.2, 0.25) is 0 Å². The van der Waals surface area contributed by atoms with Crippen LogP contribution in [-0.2, 0) is 6.42 Å². The van der Waals surface area contributed by atoms with Crippen LogP contribution < -0.4 is 16.4 Å². The number of nitrogens with two attached hydrogens (primary N) is 1. The van der Waals surface area contributed by atoms with Crippen molar-refractivity contribution in [3.8, 4) is 11.1 Å². The van der Waals surface area contributed by atoms with E-state index in [4.69, 9.17) is 5.73 Å². The molecule has 6 N–H and O–H groups in total. The number of benzene rings is 2. The lowest BCUT2D eigenvalue weighted by Crippen LogP contribution is -2.34. The first-order chi connectivity index (χ1) is 18.1. The molecule has 8 heteroatoms. The molecule has 0 aliphatic heterocycles. The Kier molecular flexibility index (Phi) is 8.11. The summed E-state index contributed by atoms with van der Waals surface area (Å²) < 4.78 is 1.97. The van der Waals surface area contributed by atoms with Crippen molar-refractivity contribution in [2.75, 3.05) is 31.9 Å². The SMILES string of the molecule is Nc1ncnc2c1c(-c1ccccc1)cn2[C@@H]1C[C@H](CNCCCNCCc2ccccc2)[C@@H](O)[C@H]1O. The maximum absolute atomic E-state index is 11.0. The van der Waals surface area contributed by atoms with Crippen LogP contribution in [0.15, 0.2) is 73.2 Å². The summed E-state index contributed by atoms with van der Waals surface area (Å²) in [7, 11) is 0. The van der Waals surface area contributed by atoms with Crippen LogP contribution >= 0.6 is 0 Å². The lowest BCUT2D eigenvalue weighted by Gasteiger charge is -2.19. The molecular weight excluding hydrogens is 464 g/mol. The molecule has 8 nitrogen and oxygen atoms in total. The zero-order valence-corrected chi connectivity index (χ0v) is 21.0. The number of hydrogen-bond donors (Lipinski definition) is 5. The van der Waals surface area contributed by atoms with E-state index in [0.29, 0.717) is 24.4 Å². The van der Waals surface area contributed by atoms with E-state index in [1.165, 1.54) is 11.9 Å². The fourth-order valence-corrected chi connectivity index (χ4v) is 5.40. The Morgan fingerprint density at radius 3 is 2.41 bits per heavy atom. The van der Waals surface area contributed by atoms with Crippen molar-refractivity contribution in [2.24, 2.45) is 5.92 Å². The van der Waals surface area contributed by atoms with Crippen LogP contribution in [0, 0.1) is 5.92 Å². The molecule has 2 heterocycles. The van der Waals surface area contributed by atoms with Crippen LogP contribution in [0.25, 0.3) is 22.2 Å². The highest BCUT2D eigenvalue weighted by atomic mass is 16.3. The quantitative estimate of drug-likeness (QED) is 0.201. The fraction of sp³-hybridized carbons (Fsp3) is 0.379. The van der Waals surface area contributed by atoms with Crippen LogP contribution in [-0.4, -0.2) is 63.1 Å².